The minimum absolute atomic E-state index is 0.488. The van der Waals surface area contributed by atoms with Crippen LogP contribution in [-0.2, 0) is 6.42 Å². The van der Waals surface area contributed by atoms with Gasteiger partial charge in [0.15, 0.2) is 11.5 Å². The van der Waals surface area contributed by atoms with Gasteiger partial charge < -0.3 is 15.2 Å². The van der Waals surface area contributed by atoms with E-state index in [-0.39, 0.29) is 0 Å². The van der Waals surface area contributed by atoms with Crippen molar-refractivity contribution >= 4 is 0 Å². The maximum absolute atomic E-state index is 5.64. The molecule has 0 aliphatic carbocycles. The van der Waals surface area contributed by atoms with Crippen LogP contribution in [0, 0.1) is 5.92 Å². The van der Waals surface area contributed by atoms with Crippen molar-refractivity contribution in [1.29, 1.82) is 0 Å². The summed E-state index contributed by atoms with van der Waals surface area (Å²) < 4.78 is 11.1. The van der Waals surface area contributed by atoms with Crippen molar-refractivity contribution in [1.82, 2.24) is 0 Å². The Morgan fingerprint density at radius 1 is 1.12 bits per heavy atom. The average Bonchev–Trinajstić information content (AvgIpc) is 2.33. The number of benzene rings is 1. The van der Waals surface area contributed by atoms with Gasteiger partial charge in [-0.2, -0.15) is 0 Å². The molecule has 0 heterocycles. The normalized spacial score (nSPS) is 12.2. The number of hydrogen-bond donors (Lipinski definition) is 1. The van der Waals surface area contributed by atoms with Crippen LogP contribution < -0.4 is 15.2 Å². The summed E-state index contributed by atoms with van der Waals surface area (Å²) in [6.07, 6.45) is 0.975. The Bertz CT molecular complexity index is 339. The van der Waals surface area contributed by atoms with E-state index in [1.54, 1.807) is 0 Å². The van der Waals surface area contributed by atoms with Crippen LogP contribution in [-0.4, -0.2) is 19.8 Å². The van der Waals surface area contributed by atoms with Gasteiger partial charge in [0.1, 0.15) is 0 Å². The first-order valence-electron chi connectivity index (χ1n) is 6.29. The Morgan fingerprint density at radius 2 is 1.76 bits per heavy atom. The second-order valence-corrected chi connectivity index (χ2v) is 4.19. The first-order valence-corrected chi connectivity index (χ1v) is 6.29. The molecule has 2 N–H and O–H groups in total. The Kier molecular flexibility index (Phi) is 5.84. The standard InChI is InChI=1S/C14H23NO2/c1-4-16-13-7-6-12(8-11(3)10-15)9-14(13)17-5-2/h6-7,9,11H,4-5,8,10,15H2,1-3H3. The lowest BCUT2D eigenvalue weighted by molar-refractivity contribution is 0.287. The van der Waals surface area contributed by atoms with Crippen LogP contribution in [0.15, 0.2) is 18.2 Å². The number of hydrogen-bond acceptors (Lipinski definition) is 3. The van der Waals surface area contributed by atoms with Gasteiger partial charge in [-0.25, -0.2) is 0 Å². The summed E-state index contributed by atoms with van der Waals surface area (Å²) >= 11 is 0. The fraction of sp³-hybridized carbons (Fsp3) is 0.571. The number of ether oxygens (including phenoxy) is 2. The van der Waals surface area contributed by atoms with Gasteiger partial charge in [-0.3, -0.25) is 0 Å². The lowest BCUT2D eigenvalue weighted by atomic mass is 10.0. The van der Waals surface area contributed by atoms with E-state index in [2.05, 4.69) is 19.1 Å². The minimum Gasteiger partial charge on any atom is -0.490 e. The SMILES string of the molecule is CCOc1ccc(CC(C)CN)cc1OCC. The summed E-state index contributed by atoms with van der Waals surface area (Å²) in [6, 6.07) is 6.12. The molecule has 0 saturated carbocycles. The van der Waals surface area contributed by atoms with Gasteiger partial charge >= 0.3 is 0 Å². The molecule has 1 unspecified atom stereocenters. The van der Waals surface area contributed by atoms with Crippen LogP contribution in [0.4, 0.5) is 0 Å². The smallest absolute Gasteiger partial charge is 0.161 e. The van der Waals surface area contributed by atoms with Crippen molar-refractivity contribution in [3.63, 3.8) is 0 Å². The molecule has 0 aliphatic heterocycles. The first kappa shape index (κ1) is 13.8. The molecular weight excluding hydrogens is 214 g/mol. The maximum Gasteiger partial charge on any atom is 0.161 e. The Labute approximate surface area is 104 Å². The van der Waals surface area contributed by atoms with Gasteiger partial charge in [-0.15, -0.1) is 0 Å². The van der Waals surface area contributed by atoms with E-state index in [0.29, 0.717) is 25.7 Å². The molecule has 96 valence electrons. The minimum atomic E-state index is 0.488. The first-order chi connectivity index (χ1) is 8.21. The molecule has 0 bridgehead atoms. The fourth-order valence-electron chi connectivity index (χ4n) is 1.71. The molecule has 0 aromatic heterocycles. The lowest BCUT2D eigenvalue weighted by Gasteiger charge is -2.14. The highest BCUT2D eigenvalue weighted by atomic mass is 16.5. The van der Waals surface area contributed by atoms with E-state index in [4.69, 9.17) is 15.2 Å². The quantitative estimate of drug-likeness (QED) is 0.793. The summed E-state index contributed by atoms with van der Waals surface area (Å²) in [6.45, 7) is 8.10. The zero-order chi connectivity index (χ0) is 12.7. The fourth-order valence-corrected chi connectivity index (χ4v) is 1.71. The molecular formula is C14H23NO2. The third-order valence-corrected chi connectivity index (χ3v) is 2.59. The lowest BCUT2D eigenvalue weighted by Crippen LogP contribution is -2.13. The zero-order valence-corrected chi connectivity index (χ0v) is 11.0. The van der Waals surface area contributed by atoms with E-state index in [1.165, 1.54) is 5.56 Å². The molecule has 1 aromatic rings. The van der Waals surface area contributed by atoms with Gasteiger partial charge in [0.25, 0.3) is 0 Å². The van der Waals surface area contributed by atoms with Crippen molar-refractivity contribution in [2.45, 2.75) is 27.2 Å². The van der Waals surface area contributed by atoms with Crippen molar-refractivity contribution < 1.29 is 9.47 Å². The van der Waals surface area contributed by atoms with E-state index in [0.717, 1.165) is 17.9 Å². The summed E-state index contributed by atoms with van der Waals surface area (Å²) in [5.74, 6) is 2.14. The molecule has 0 aliphatic rings. The molecule has 1 atom stereocenters. The van der Waals surface area contributed by atoms with E-state index >= 15 is 0 Å². The van der Waals surface area contributed by atoms with Crippen molar-refractivity contribution in [3.05, 3.63) is 23.8 Å². The Morgan fingerprint density at radius 3 is 2.35 bits per heavy atom. The van der Waals surface area contributed by atoms with Gasteiger partial charge in [0.2, 0.25) is 0 Å². The van der Waals surface area contributed by atoms with Crippen LogP contribution in [0.2, 0.25) is 0 Å². The molecule has 0 saturated heterocycles. The third kappa shape index (κ3) is 4.27. The molecule has 0 fully saturated rings. The summed E-state index contributed by atoms with van der Waals surface area (Å²) in [5, 5.41) is 0. The summed E-state index contributed by atoms with van der Waals surface area (Å²) in [5.41, 5.74) is 6.88. The topological polar surface area (TPSA) is 44.5 Å². The Balaban J connectivity index is 2.84. The zero-order valence-electron chi connectivity index (χ0n) is 11.0. The predicted octanol–water partition coefficient (Wildman–Crippen LogP) is 2.62. The highest BCUT2D eigenvalue weighted by Crippen LogP contribution is 2.29. The summed E-state index contributed by atoms with van der Waals surface area (Å²) in [7, 11) is 0. The van der Waals surface area contributed by atoms with Crippen LogP contribution in [0.25, 0.3) is 0 Å². The van der Waals surface area contributed by atoms with Crippen molar-refractivity contribution in [2.24, 2.45) is 11.7 Å². The maximum atomic E-state index is 5.64. The molecule has 0 amide bonds. The second kappa shape index (κ2) is 7.17. The predicted molar refractivity (Wildman–Crippen MR) is 70.7 cm³/mol. The monoisotopic (exact) mass is 237 g/mol. The molecule has 17 heavy (non-hydrogen) atoms. The summed E-state index contributed by atoms with van der Waals surface area (Å²) in [4.78, 5) is 0. The molecule has 0 radical (unpaired) electrons. The van der Waals surface area contributed by atoms with E-state index in [9.17, 15) is 0 Å². The van der Waals surface area contributed by atoms with E-state index in [1.807, 2.05) is 19.9 Å². The van der Waals surface area contributed by atoms with Crippen LogP contribution >= 0.6 is 0 Å². The number of rotatable bonds is 7. The highest BCUT2D eigenvalue weighted by Gasteiger charge is 2.08. The van der Waals surface area contributed by atoms with Crippen LogP contribution in [0.3, 0.4) is 0 Å². The second-order valence-electron chi connectivity index (χ2n) is 4.19. The largest absolute Gasteiger partial charge is 0.490 e. The van der Waals surface area contributed by atoms with Crippen molar-refractivity contribution in [3.8, 4) is 11.5 Å². The van der Waals surface area contributed by atoms with E-state index < -0.39 is 0 Å². The number of nitrogens with two attached hydrogens (primary N) is 1. The molecule has 1 rings (SSSR count). The third-order valence-electron chi connectivity index (χ3n) is 2.59. The molecule has 3 heteroatoms. The average molecular weight is 237 g/mol. The van der Waals surface area contributed by atoms with Gasteiger partial charge in [-0.05, 0) is 50.4 Å². The van der Waals surface area contributed by atoms with Gasteiger partial charge in [-0.1, -0.05) is 13.0 Å². The molecule has 0 spiro atoms. The Hall–Kier alpha value is -1.22. The highest BCUT2D eigenvalue weighted by molar-refractivity contribution is 5.43. The van der Waals surface area contributed by atoms with Gasteiger partial charge in [0.05, 0.1) is 13.2 Å². The molecule has 3 nitrogen and oxygen atoms in total. The van der Waals surface area contributed by atoms with Gasteiger partial charge in [0, 0.05) is 0 Å². The van der Waals surface area contributed by atoms with Crippen LogP contribution in [0.5, 0.6) is 11.5 Å². The molecule has 1 aromatic carbocycles. The van der Waals surface area contributed by atoms with Crippen molar-refractivity contribution in [2.75, 3.05) is 19.8 Å². The van der Waals surface area contributed by atoms with Crippen LogP contribution in [0.1, 0.15) is 26.3 Å².